The van der Waals surface area contributed by atoms with Gasteiger partial charge in [-0.1, -0.05) is 11.6 Å². The van der Waals surface area contributed by atoms with Gasteiger partial charge in [0.25, 0.3) is 0 Å². The lowest BCUT2D eigenvalue weighted by molar-refractivity contribution is 0.125. The first-order valence-electron chi connectivity index (χ1n) is 6.54. The summed E-state index contributed by atoms with van der Waals surface area (Å²) in [6.45, 7) is 0.699. The average Bonchev–Trinajstić information content (AvgIpc) is 2.75. The largest absolute Gasteiger partial charge is 0.465 e. The number of carboxylic acid groups (broad SMARTS) is 1. The van der Waals surface area contributed by atoms with Crippen molar-refractivity contribution in [2.24, 2.45) is 0 Å². The Morgan fingerprint density at radius 1 is 1.38 bits per heavy atom. The van der Waals surface area contributed by atoms with Crippen LogP contribution < -0.4 is 5.69 Å². The molecule has 1 aliphatic rings. The normalized spacial score (nSPS) is 16.6. The molecule has 0 saturated carbocycles. The fourth-order valence-electron chi connectivity index (χ4n) is 2.83. The highest BCUT2D eigenvalue weighted by Crippen LogP contribution is 2.27. The lowest BCUT2D eigenvalue weighted by Gasteiger charge is -2.30. The van der Waals surface area contributed by atoms with E-state index in [-0.39, 0.29) is 16.6 Å². The molecule has 2 aromatic rings. The molecule has 1 amide bonds. The Balaban J connectivity index is 2.00. The smallest absolute Gasteiger partial charge is 0.407 e. The van der Waals surface area contributed by atoms with E-state index in [1.54, 1.807) is 6.07 Å². The van der Waals surface area contributed by atoms with Gasteiger partial charge in [-0.2, -0.15) is 0 Å². The van der Waals surface area contributed by atoms with Crippen molar-refractivity contribution in [1.29, 1.82) is 0 Å². The second kappa shape index (κ2) is 5.07. The van der Waals surface area contributed by atoms with Crippen LogP contribution in [-0.2, 0) is 0 Å². The van der Waals surface area contributed by atoms with Gasteiger partial charge < -0.3 is 15.0 Å². The summed E-state index contributed by atoms with van der Waals surface area (Å²) in [6.07, 6.45) is 0.0504. The summed E-state index contributed by atoms with van der Waals surface area (Å²) in [5, 5.41) is 9.16. The number of benzene rings is 1. The molecular weight excluding hydrogens is 301 g/mol. The SMILES string of the molecule is O=C(O)N1CCC(n2c(=O)[nH]c3c(F)cc(Cl)cc32)CC1. The zero-order valence-corrected chi connectivity index (χ0v) is 11.7. The van der Waals surface area contributed by atoms with Crippen molar-refractivity contribution < 1.29 is 14.3 Å². The maximum atomic E-state index is 13.8. The van der Waals surface area contributed by atoms with Gasteiger partial charge in [0, 0.05) is 24.2 Å². The average molecular weight is 314 g/mol. The molecule has 0 spiro atoms. The van der Waals surface area contributed by atoms with Crippen LogP contribution >= 0.6 is 11.6 Å². The first-order chi connectivity index (χ1) is 9.97. The molecule has 21 heavy (non-hydrogen) atoms. The van der Waals surface area contributed by atoms with E-state index in [0.29, 0.717) is 31.4 Å². The maximum Gasteiger partial charge on any atom is 0.407 e. The molecule has 2 heterocycles. The number of aromatic amines is 1. The lowest BCUT2D eigenvalue weighted by atomic mass is 10.0. The number of imidazole rings is 1. The number of likely N-dealkylation sites (tertiary alicyclic amines) is 1. The summed E-state index contributed by atoms with van der Waals surface area (Å²) in [7, 11) is 0. The van der Waals surface area contributed by atoms with Crippen molar-refractivity contribution in [2.75, 3.05) is 13.1 Å². The molecule has 6 nitrogen and oxygen atoms in total. The van der Waals surface area contributed by atoms with Crippen molar-refractivity contribution in [2.45, 2.75) is 18.9 Å². The fraction of sp³-hybridized carbons (Fsp3) is 0.385. The maximum absolute atomic E-state index is 13.8. The first-order valence-corrected chi connectivity index (χ1v) is 6.92. The van der Waals surface area contributed by atoms with Crippen LogP contribution in [0, 0.1) is 5.82 Å². The Morgan fingerprint density at radius 3 is 2.67 bits per heavy atom. The number of fused-ring (bicyclic) bond motifs is 1. The quantitative estimate of drug-likeness (QED) is 0.848. The van der Waals surface area contributed by atoms with E-state index < -0.39 is 17.6 Å². The third-order valence-electron chi connectivity index (χ3n) is 3.84. The van der Waals surface area contributed by atoms with Crippen LogP contribution in [0.3, 0.4) is 0 Å². The molecule has 0 atom stereocenters. The Hall–Kier alpha value is -2.02. The van der Waals surface area contributed by atoms with Crippen LogP contribution in [0.25, 0.3) is 11.0 Å². The third kappa shape index (κ3) is 2.37. The second-order valence-corrected chi connectivity index (χ2v) is 5.52. The minimum Gasteiger partial charge on any atom is -0.465 e. The van der Waals surface area contributed by atoms with Gasteiger partial charge in [0.05, 0.1) is 5.52 Å². The number of carbonyl (C=O) groups is 1. The van der Waals surface area contributed by atoms with E-state index >= 15 is 0 Å². The van der Waals surface area contributed by atoms with Gasteiger partial charge in [0.1, 0.15) is 11.3 Å². The lowest BCUT2D eigenvalue weighted by Crippen LogP contribution is -2.39. The number of H-pyrrole nitrogens is 1. The van der Waals surface area contributed by atoms with Gasteiger partial charge in [0.2, 0.25) is 0 Å². The van der Waals surface area contributed by atoms with Gasteiger partial charge in [-0.05, 0) is 25.0 Å². The Morgan fingerprint density at radius 2 is 2.05 bits per heavy atom. The number of halogens is 2. The predicted octanol–water partition coefficient (Wildman–Crippen LogP) is 2.44. The van der Waals surface area contributed by atoms with E-state index in [1.807, 2.05) is 0 Å². The molecule has 8 heteroatoms. The Bertz CT molecular complexity index is 762. The number of amides is 1. The molecule has 1 saturated heterocycles. The van der Waals surface area contributed by atoms with E-state index in [0.717, 1.165) is 6.07 Å². The summed E-state index contributed by atoms with van der Waals surface area (Å²) in [4.78, 5) is 26.8. The minimum atomic E-state index is -0.964. The zero-order valence-electron chi connectivity index (χ0n) is 11.0. The fourth-order valence-corrected chi connectivity index (χ4v) is 3.03. The van der Waals surface area contributed by atoms with Crippen molar-refractivity contribution in [3.63, 3.8) is 0 Å². The van der Waals surface area contributed by atoms with Crippen LogP contribution in [0.15, 0.2) is 16.9 Å². The van der Waals surface area contributed by atoms with Crippen molar-refractivity contribution in [1.82, 2.24) is 14.5 Å². The zero-order chi connectivity index (χ0) is 15.1. The number of hydrogen-bond donors (Lipinski definition) is 2. The van der Waals surface area contributed by atoms with E-state index in [4.69, 9.17) is 16.7 Å². The molecule has 1 aromatic carbocycles. The Labute approximate surface area is 123 Å². The van der Waals surface area contributed by atoms with E-state index in [9.17, 15) is 14.0 Å². The van der Waals surface area contributed by atoms with Gasteiger partial charge in [-0.25, -0.2) is 14.0 Å². The van der Waals surface area contributed by atoms with Gasteiger partial charge in [-0.15, -0.1) is 0 Å². The van der Waals surface area contributed by atoms with Crippen LogP contribution in [0.5, 0.6) is 0 Å². The topological polar surface area (TPSA) is 78.3 Å². The molecule has 3 rings (SSSR count). The summed E-state index contributed by atoms with van der Waals surface area (Å²) in [5.74, 6) is -0.573. The first kappa shape index (κ1) is 13.9. The van der Waals surface area contributed by atoms with Crippen molar-refractivity contribution in [3.05, 3.63) is 33.5 Å². The van der Waals surface area contributed by atoms with Gasteiger partial charge in [-0.3, -0.25) is 4.57 Å². The van der Waals surface area contributed by atoms with Crippen LogP contribution in [0.4, 0.5) is 9.18 Å². The van der Waals surface area contributed by atoms with Crippen molar-refractivity contribution in [3.8, 4) is 0 Å². The van der Waals surface area contributed by atoms with E-state index in [1.165, 1.54) is 9.47 Å². The number of piperidine rings is 1. The molecule has 2 N–H and O–H groups in total. The summed E-state index contributed by atoms with van der Waals surface area (Å²) in [5.41, 5.74) is 0.142. The molecule has 0 aliphatic carbocycles. The molecule has 0 radical (unpaired) electrons. The van der Waals surface area contributed by atoms with Crippen molar-refractivity contribution >= 4 is 28.7 Å². The molecular formula is C13H13ClFN3O3. The monoisotopic (exact) mass is 313 g/mol. The molecule has 1 aliphatic heterocycles. The number of nitrogens with one attached hydrogen (secondary N) is 1. The number of aromatic nitrogens is 2. The third-order valence-corrected chi connectivity index (χ3v) is 4.06. The molecule has 0 bridgehead atoms. The van der Waals surface area contributed by atoms with Gasteiger partial charge >= 0.3 is 11.8 Å². The number of nitrogens with zero attached hydrogens (tertiary/aromatic N) is 2. The molecule has 1 fully saturated rings. The minimum absolute atomic E-state index is 0.130. The number of rotatable bonds is 1. The summed E-state index contributed by atoms with van der Waals surface area (Å²) >= 11 is 5.85. The van der Waals surface area contributed by atoms with Crippen LogP contribution in [-0.4, -0.2) is 38.7 Å². The number of hydrogen-bond acceptors (Lipinski definition) is 2. The Kier molecular flexibility index (Phi) is 3.36. The van der Waals surface area contributed by atoms with E-state index in [2.05, 4.69) is 4.98 Å². The van der Waals surface area contributed by atoms with Gasteiger partial charge in [0.15, 0.2) is 0 Å². The summed E-state index contributed by atoms with van der Waals surface area (Å²) in [6, 6.07) is 2.53. The molecule has 112 valence electrons. The molecule has 1 aromatic heterocycles. The summed E-state index contributed by atoms with van der Waals surface area (Å²) < 4.78 is 15.3. The second-order valence-electron chi connectivity index (χ2n) is 5.08. The standard InChI is InChI=1S/C13H13ClFN3O3/c14-7-5-9(15)11-10(6-7)18(12(19)16-11)8-1-3-17(4-2-8)13(20)21/h5-6,8H,1-4H2,(H,16,19)(H,20,21). The van der Waals surface area contributed by atoms with Crippen LogP contribution in [0.2, 0.25) is 5.02 Å². The predicted molar refractivity (Wildman–Crippen MR) is 75.4 cm³/mol. The van der Waals surface area contributed by atoms with Crippen LogP contribution in [0.1, 0.15) is 18.9 Å². The molecule has 0 unspecified atom stereocenters. The highest BCUT2D eigenvalue weighted by atomic mass is 35.5. The highest BCUT2D eigenvalue weighted by Gasteiger charge is 2.26. The highest BCUT2D eigenvalue weighted by molar-refractivity contribution is 6.31.